The van der Waals surface area contributed by atoms with E-state index in [0.717, 1.165) is 62.2 Å². The highest BCUT2D eigenvalue weighted by Gasteiger charge is 2.41. The summed E-state index contributed by atoms with van der Waals surface area (Å²) in [5.41, 5.74) is 1.20. The molecule has 1 unspecified atom stereocenters. The number of likely N-dealkylation sites (tertiary alicyclic amines) is 1. The van der Waals surface area contributed by atoms with E-state index >= 15 is 0 Å². The third kappa shape index (κ3) is 4.35. The molecule has 0 N–H and O–H groups in total. The molecule has 4 heterocycles. The molecule has 4 fully saturated rings. The second-order valence-electron chi connectivity index (χ2n) is 9.77. The van der Waals surface area contributed by atoms with Crippen LogP contribution < -0.4 is 4.90 Å². The zero-order valence-electron chi connectivity index (χ0n) is 17.3. The minimum atomic E-state index is 0.815. The number of anilines is 1. The van der Waals surface area contributed by atoms with Gasteiger partial charge in [-0.15, -0.1) is 5.10 Å². The van der Waals surface area contributed by atoms with Crippen molar-refractivity contribution >= 4 is 5.82 Å². The molecule has 0 aromatic carbocycles. The lowest BCUT2D eigenvalue weighted by Gasteiger charge is -2.28. The van der Waals surface area contributed by atoms with Gasteiger partial charge in [0.25, 0.3) is 0 Å². The molecular formula is C23H36N4O. The summed E-state index contributed by atoms with van der Waals surface area (Å²) in [7, 11) is 0. The van der Waals surface area contributed by atoms with Crippen molar-refractivity contribution in [3.63, 3.8) is 0 Å². The Bertz CT molecular complexity index is 610. The van der Waals surface area contributed by atoms with Gasteiger partial charge in [0.2, 0.25) is 0 Å². The lowest BCUT2D eigenvalue weighted by molar-refractivity contribution is 0.0544. The largest absolute Gasteiger partial charge is 0.381 e. The Morgan fingerprint density at radius 1 is 0.893 bits per heavy atom. The number of fused-ring (bicyclic) bond motifs is 1. The van der Waals surface area contributed by atoms with Gasteiger partial charge in [0.1, 0.15) is 0 Å². The van der Waals surface area contributed by atoms with Crippen molar-refractivity contribution in [3.8, 4) is 0 Å². The molecule has 0 spiro atoms. The number of hydrogen-bond acceptors (Lipinski definition) is 5. The van der Waals surface area contributed by atoms with Crippen LogP contribution >= 0.6 is 0 Å². The number of nitrogens with zero attached hydrogens (tertiary/aromatic N) is 4. The number of rotatable bonds is 5. The minimum Gasteiger partial charge on any atom is -0.381 e. The van der Waals surface area contributed by atoms with E-state index in [2.05, 4.69) is 32.1 Å². The second kappa shape index (κ2) is 8.66. The summed E-state index contributed by atoms with van der Waals surface area (Å²) in [6, 6.07) is 4.45. The summed E-state index contributed by atoms with van der Waals surface area (Å²) < 4.78 is 5.52. The predicted octanol–water partition coefficient (Wildman–Crippen LogP) is 3.39. The standard InChI is InChI=1S/C23H36N4O/c1-2-8-27(9-3-1)23-5-4-22(24-25-23)14-19-12-20-16-26(17-21(20)13-19)15-18-6-10-28-11-7-18/h4-5,18-21H,1-3,6-17H2/t19?,20-,21+. The van der Waals surface area contributed by atoms with Gasteiger partial charge in [0.05, 0.1) is 5.69 Å². The summed E-state index contributed by atoms with van der Waals surface area (Å²) in [6.45, 7) is 8.21. The Balaban J connectivity index is 1.09. The maximum Gasteiger partial charge on any atom is 0.151 e. The van der Waals surface area contributed by atoms with Gasteiger partial charge >= 0.3 is 0 Å². The van der Waals surface area contributed by atoms with Gasteiger partial charge in [0.15, 0.2) is 5.82 Å². The smallest absolute Gasteiger partial charge is 0.151 e. The molecule has 3 aliphatic heterocycles. The first-order valence-corrected chi connectivity index (χ1v) is 11.7. The molecule has 0 radical (unpaired) electrons. The fraction of sp³-hybridized carbons (Fsp3) is 0.826. The topological polar surface area (TPSA) is 41.5 Å². The highest BCUT2D eigenvalue weighted by atomic mass is 16.5. The fourth-order valence-electron chi connectivity index (χ4n) is 6.18. The van der Waals surface area contributed by atoms with Crippen LogP contribution in [0.5, 0.6) is 0 Å². The SMILES string of the molecule is c1cc(N2CCCCC2)nnc1CC1C[C@@H]2CN(CC3CCOCC3)C[C@@H]2C1. The lowest BCUT2D eigenvalue weighted by atomic mass is 9.98. The molecule has 4 aliphatic rings. The van der Waals surface area contributed by atoms with Gasteiger partial charge in [0, 0.05) is 45.9 Å². The first-order chi connectivity index (χ1) is 13.8. The molecular weight excluding hydrogens is 348 g/mol. The predicted molar refractivity (Wildman–Crippen MR) is 111 cm³/mol. The fourth-order valence-corrected chi connectivity index (χ4v) is 6.18. The highest BCUT2D eigenvalue weighted by Crippen LogP contribution is 2.43. The molecule has 1 aromatic rings. The number of piperidine rings is 1. The van der Waals surface area contributed by atoms with Crippen LogP contribution in [0.3, 0.4) is 0 Å². The van der Waals surface area contributed by atoms with E-state index in [1.165, 1.54) is 70.3 Å². The first kappa shape index (κ1) is 18.8. The summed E-state index contributed by atoms with van der Waals surface area (Å²) in [4.78, 5) is 5.15. The van der Waals surface area contributed by atoms with Crippen molar-refractivity contribution in [1.29, 1.82) is 0 Å². The van der Waals surface area contributed by atoms with Gasteiger partial charge in [-0.05, 0) is 87.2 Å². The van der Waals surface area contributed by atoms with Gasteiger partial charge in [-0.1, -0.05) is 0 Å². The quantitative estimate of drug-likeness (QED) is 0.778. The van der Waals surface area contributed by atoms with Crippen molar-refractivity contribution < 1.29 is 4.74 Å². The summed E-state index contributed by atoms with van der Waals surface area (Å²) >= 11 is 0. The average Bonchev–Trinajstić information content (AvgIpc) is 3.28. The molecule has 154 valence electrons. The van der Waals surface area contributed by atoms with E-state index in [0.29, 0.717) is 0 Å². The second-order valence-corrected chi connectivity index (χ2v) is 9.77. The van der Waals surface area contributed by atoms with E-state index in [1.54, 1.807) is 0 Å². The summed E-state index contributed by atoms with van der Waals surface area (Å²) in [6.07, 6.45) is 10.4. The molecule has 0 bridgehead atoms. The summed E-state index contributed by atoms with van der Waals surface area (Å²) in [5, 5.41) is 9.14. The van der Waals surface area contributed by atoms with Crippen LogP contribution in [0.25, 0.3) is 0 Å². The average molecular weight is 385 g/mol. The number of hydrogen-bond donors (Lipinski definition) is 0. The monoisotopic (exact) mass is 384 g/mol. The highest BCUT2D eigenvalue weighted by molar-refractivity contribution is 5.37. The Morgan fingerprint density at radius 2 is 1.64 bits per heavy atom. The van der Waals surface area contributed by atoms with Crippen LogP contribution in [0.4, 0.5) is 5.82 Å². The Hall–Kier alpha value is -1.20. The molecule has 5 heteroatoms. The van der Waals surface area contributed by atoms with Gasteiger partial charge in [-0.3, -0.25) is 0 Å². The van der Waals surface area contributed by atoms with E-state index in [-0.39, 0.29) is 0 Å². The van der Waals surface area contributed by atoms with E-state index in [9.17, 15) is 0 Å². The molecule has 0 amide bonds. The van der Waals surface area contributed by atoms with Crippen molar-refractivity contribution in [1.82, 2.24) is 15.1 Å². The molecule has 1 saturated carbocycles. The maximum atomic E-state index is 5.52. The van der Waals surface area contributed by atoms with Crippen LogP contribution in [0.1, 0.15) is 50.6 Å². The Labute approximate surface area is 169 Å². The van der Waals surface area contributed by atoms with E-state index in [1.807, 2.05) is 0 Å². The molecule has 5 nitrogen and oxygen atoms in total. The Kier molecular flexibility index (Phi) is 5.82. The number of ether oxygens (including phenoxy) is 1. The van der Waals surface area contributed by atoms with Crippen LogP contribution in [0.2, 0.25) is 0 Å². The van der Waals surface area contributed by atoms with Crippen molar-refractivity contribution in [2.75, 3.05) is 50.8 Å². The normalized spacial score (nSPS) is 32.0. The van der Waals surface area contributed by atoms with Crippen LogP contribution in [0, 0.1) is 23.7 Å². The third-order valence-electron chi connectivity index (χ3n) is 7.67. The zero-order chi connectivity index (χ0) is 18.8. The Morgan fingerprint density at radius 3 is 2.32 bits per heavy atom. The molecule has 3 saturated heterocycles. The maximum absolute atomic E-state index is 5.52. The molecule has 3 atom stereocenters. The van der Waals surface area contributed by atoms with Gasteiger partial charge < -0.3 is 14.5 Å². The van der Waals surface area contributed by atoms with E-state index < -0.39 is 0 Å². The number of aromatic nitrogens is 2. The summed E-state index contributed by atoms with van der Waals surface area (Å²) in [5.74, 6) is 4.61. The third-order valence-corrected chi connectivity index (χ3v) is 7.67. The van der Waals surface area contributed by atoms with Crippen LogP contribution in [-0.2, 0) is 11.2 Å². The molecule has 5 rings (SSSR count). The van der Waals surface area contributed by atoms with Crippen LogP contribution in [-0.4, -0.2) is 61.0 Å². The zero-order valence-corrected chi connectivity index (χ0v) is 17.3. The molecule has 28 heavy (non-hydrogen) atoms. The lowest BCUT2D eigenvalue weighted by Crippen LogP contribution is -2.31. The first-order valence-electron chi connectivity index (χ1n) is 11.7. The van der Waals surface area contributed by atoms with E-state index in [4.69, 9.17) is 4.74 Å². The van der Waals surface area contributed by atoms with Gasteiger partial charge in [-0.25, -0.2) is 0 Å². The van der Waals surface area contributed by atoms with Crippen molar-refractivity contribution in [2.45, 2.75) is 51.4 Å². The van der Waals surface area contributed by atoms with Gasteiger partial charge in [-0.2, -0.15) is 5.10 Å². The minimum absolute atomic E-state index is 0.815. The molecule has 1 aromatic heterocycles. The van der Waals surface area contributed by atoms with Crippen molar-refractivity contribution in [2.24, 2.45) is 23.7 Å². The van der Waals surface area contributed by atoms with Crippen molar-refractivity contribution in [3.05, 3.63) is 17.8 Å². The molecule has 1 aliphatic carbocycles. The van der Waals surface area contributed by atoms with Crippen LogP contribution in [0.15, 0.2) is 12.1 Å².